The van der Waals surface area contributed by atoms with Crippen LogP contribution in [0.25, 0.3) is 0 Å². The van der Waals surface area contributed by atoms with E-state index in [1.54, 1.807) is 6.20 Å². The summed E-state index contributed by atoms with van der Waals surface area (Å²) < 4.78 is 6.99. The van der Waals surface area contributed by atoms with Gasteiger partial charge in [0.25, 0.3) is 0 Å². The number of carbonyl (C=O) groups is 1. The molecule has 0 saturated heterocycles. The number of rotatable bonds is 6. The molecule has 0 radical (unpaired) electrons. The number of carbonyl (C=O) groups excluding carboxylic acids is 1. The lowest BCUT2D eigenvalue weighted by molar-refractivity contribution is -0.123. The van der Waals surface area contributed by atoms with Crippen LogP contribution in [0.4, 0.5) is 0 Å². The number of Topliss-reactive ketones (excluding diaryl/α,β-unsaturated/α-hetero) is 1. The first kappa shape index (κ1) is 10.9. The van der Waals surface area contributed by atoms with Gasteiger partial charge in [-0.2, -0.15) is 0 Å². The fourth-order valence-corrected chi connectivity index (χ4v) is 1.12. The number of imidazole rings is 1. The van der Waals surface area contributed by atoms with E-state index in [2.05, 4.69) is 4.98 Å². The molecule has 0 spiro atoms. The summed E-state index contributed by atoms with van der Waals surface area (Å²) in [5.41, 5.74) is 0. The Hall–Kier alpha value is -1.16. The minimum absolute atomic E-state index is 0.0766. The van der Waals surface area contributed by atoms with Crippen LogP contribution in [-0.2, 0) is 23.0 Å². The van der Waals surface area contributed by atoms with Crippen molar-refractivity contribution in [1.82, 2.24) is 9.55 Å². The van der Waals surface area contributed by atoms with Crippen molar-refractivity contribution in [3.05, 3.63) is 18.2 Å². The number of aryl methyl sites for hydroxylation is 1. The molecule has 0 N–H and O–H groups in total. The fraction of sp³-hybridized carbons (Fsp3) is 0.600. The molecule has 4 heteroatoms. The fourth-order valence-electron chi connectivity index (χ4n) is 1.12. The van der Waals surface area contributed by atoms with Crippen molar-refractivity contribution < 1.29 is 9.53 Å². The van der Waals surface area contributed by atoms with Crippen molar-refractivity contribution in [3.8, 4) is 0 Å². The van der Waals surface area contributed by atoms with Crippen molar-refractivity contribution in [2.75, 3.05) is 13.2 Å². The topological polar surface area (TPSA) is 44.1 Å². The van der Waals surface area contributed by atoms with Crippen LogP contribution in [0.2, 0.25) is 0 Å². The average Bonchev–Trinajstić information content (AvgIpc) is 2.52. The Labute approximate surface area is 83.9 Å². The number of ketones is 1. The Balaban J connectivity index is 2.31. The third-order valence-electron chi connectivity index (χ3n) is 1.89. The maximum absolute atomic E-state index is 11.4. The quantitative estimate of drug-likeness (QED) is 0.636. The largest absolute Gasteiger partial charge is 0.374 e. The molecule has 0 aliphatic heterocycles. The molecule has 4 nitrogen and oxygen atoms in total. The molecule has 1 heterocycles. The highest BCUT2D eigenvalue weighted by Crippen LogP contribution is 1.96. The third-order valence-corrected chi connectivity index (χ3v) is 1.89. The predicted molar refractivity (Wildman–Crippen MR) is 53.0 cm³/mol. The molecule has 1 rings (SSSR count). The van der Waals surface area contributed by atoms with Gasteiger partial charge in [0.05, 0.1) is 6.42 Å². The van der Waals surface area contributed by atoms with Gasteiger partial charge in [0.2, 0.25) is 0 Å². The predicted octanol–water partition coefficient (Wildman–Crippen LogP) is 0.958. The smallest absolute Gasteiger partial charge is 0.165 e. The zero-order valence-electron chi connectivity index (χ0n) is 8.69. The molecule has 1 aromatic heterocycles. The SMILES string of the molecule is CCCOCC(=O)Cc1nccn1C. The molecule has 0 aliphatic rings. The van der Waals surface area contributed by atoms with Crippen LogP contribution in [0.5, 0.6) is 0 Å². The van der Waals surface area contributed by atoms with E-state index in [4.69, 9.17) is 4.74 Å². The Morgan fingerprint density at radius 1 is 1.64 bits per heavy atom. The monoisotopic (exact) mass is 196 g/mol. The maximum atomic E-state index is 11.4. The average molecular weight is 196 g/mol. The summed E-state index contributed by atoms with van der Waals surface area (Å²) in [7, 11) is 1.88. The van der Waals surface area contributed by atoms with Crippen LogP contribution in [0, 0.1) is 0 Å². The number of aromatic nitrogens is 2. The van der Waals surface area contributed by atoms with Gasteiger partial charge < -0.3 is 9.30 Å². The molecule has 14 heavy (non-hydrogen) atoms. The van der Waals surface area contributed by atoms with E-state index in [0.717, 1.165) is 12.2 Å². The van der Waals surface area contributed by atoms with E-state index in [1.807, 2.05) is 24.7 Å². The van der Waals surface area contributed by atoms with Crippen LogP contribution in [0.3, 0.4) is 0 Å². The van der Waals surface area contributed by atoms with Crippen LogP contribution in [0.15, 0.2) is 12.4 Å². The summed E-state index contributed by atoms with van der Waals surface area (Å²) in [6.07, 6.45) is 4.81. The normalized spacial score (nSPS) is 10.4. The molecule has 0 fully saturated rings. The molecule has 0 aromatic carbocycles. The molecule has 0 amide bonds. The first-order chi connectivity index (χ1) is 6.74. The van der Waals surface area contributed by atoms with Gasteiger partial charge in [0, 0.05) is 26.0 Å². The lowest BCUT2D eigenvalue weighted by Gasteiger charge is -2.02. The van der Waals surface area contributed by atoms with Crippen molar-refractivity contribution >= 4 is 5.78 Å². The highest BCUT2D eigenvalue weighted by molar-refractivity contribution is 5.81. The summed E-state index contributed by atoms with van der Waals surface area (Å²) in [5.74, 6) is 0.864. The molecule has 78 valence electrons. The number of nitrogens with zero attached hydrogens (tertiary/aromatic N) is 2. The first-order valence-electron chi connectivity index (χ1n) is 4.79. The van der Waals surface area contributed by atoms with E-state index < -0.39 is 0 Å². The van der Waals surface area contributed by atoms with Crippen LogP contribution >= 0.6 is 0 Å². The summed E-state index contributed by atoms with van der Waals surface area (Å²) in [6.45, 7) is 2.86. The van der Waals surface area contributed by atoms with E-state index >= 15 is 0 Å². The Bertz CT molecular complexity index is 294. The van der Waals surface area contributed by atoms with Crippen LogP contribution in [-0.4, -0.2) is 28.5 Å². The molecule has 1 aromatic rings. The molecular formula is C10H16N2O2. The van der Waals surface area contributed by atoms with Gasteiger partial charge in [0.15, 0.2) is 5.78 Å². The lowest BCUT2D eigenvalue weighted by Crippen LogP contribution is -2.14. The Kier molecular flexibility index (Phi) is 4.32. The molecular weight excluding hydrogens is 180 g/mol. The Morgan fingerprint density at radius 2 is 2.43 bits per heavy atom. The second-order valence-corrected chi connectivity index (χ2v) is 3.22. The van der Waals surface area contributed by atoms with Gasteiger partial charge in [-0.05, 0) is 6.42 Å². The van der Waals surface area contributed by atoms with Gasteiger partial charge in [-0.3, -0.25) is 4.79 Å². The van der Waals surface area contributed by atoms with Crippen molar-refractivity contribution in [1.29, 1.82) is 0 Å². The van der Waals surface area contributed by atoms with Crippen LogP contribution in [0.1, 0.15) is 19.2 Å². The zero-order valence-corrected chi connectivity index (χ0v) is 8.69. The van der Waals surface area contributed by atoms with Crippen LogP contribution < -0.4 is 0 Å². The van der Waals surface area contributed by atoms with Gasteiger partial charge in [-0.15, -0.1) is 0 Å². The third kappa shape index (κ3) is 3.30. The lowest BCUT2D eigenvalue weighted by atomic mass is 10.3. The molecule has 0 saturated carbocycles. The molecule has 0 aliphatic carbocycles. The minimum Gasteiger partial charge on any atom is -0.374 e. The highest BCUT2D eigenvalue weighted by Gasteiger charge is 2.06. The van der Waals surface area contributed by atoms with Crippen molar-refractivity contribution in [2.24, 2.45) is 7.05 Å². The van der Waals surface area contributed by atoms with E-state index in [0.29, 0.717) is 13.0 Å². The first-order valence-corrected chi connectivity index (χ1v) is 4.79. The summed E-state index contributed by atoms with van der Waals surface area (Å²) in [6, 6.07) is 0. The zero-order chi connectivity index (χ0) is 10.4. The summed E-state index contributed by atoms with van der Waals surface area (Å²) in [5, 5.41) is 0. The number of hydrogen-bond donors (Lipinski definition) is 0. The second kappa shape index (κ2) is 5.54. The molecule has 0 unspecified atom stereocenters. The summed E-state index contributed by atoms with van der Waals surface area (Å²) >= 11 is 0. The van der Waals surface area contributed by atoms with E-state index in [9.17, 15) is 4.79 Å². The maximum Gasteiger partial charge on any atom is 0.165 e. The van der Waals surface area contributed by atoms with Gasteiger partial charge >= 0.3 is 0 Å². The second-order valence-electron chi connectivity index (χ2n) is 3.22. The minimum atomic E-state index is 0.0766. The van der Waals surface area contributed by atoms with Gasteiger partial charge in [0.1, 0.15) is 12.4 Å². The molecule has 0 atom stereocenters. The summed E-state index contributed by atoms with van der Waals surface area (Å²) in [4.78, 5) is 15.4. The van der Waals surface area contributed by atoms with Gasteiger partial charge in [-0.1, -0.05) is 6.92 Å². The number of ether oxygens (including phenoxy) is 1. The number of hydrogen-bond acceptors (Lipinski definition) is 3. The Morgan fingerprint density at radius 3 is 3.00 bits per heavy atom. The standard InChI is InChI=1S/C10H16N2O2/c1-3-6-14-8-9(13)7-10-11-4-5-12(10)2/h4-5H,3,6-8H2,1-2H3. The van der Waals surface area contributed by atoms with Gasteiger partial charge in [-0.25, -0.2) is 4.98 Å². The van der Waals surface area contributed by atoms with E-state index in [-0.39, 0.29) is 12.4 Å². The highest BCUT2D eigenvalue weighted by atomic mass is 16.5. The van der Waals surface area contributed by atoms with Crippen molar-refractivity contribution in [3.63, 3.8) is 0 Å². The van der Waals surface area contributed by atoms with E-state index in [1.165, 1.54) is 0 Å². The molecule has 0 bridgehead atoms. The van der Waals surface area contributed by atoms with Crippen molar-refractivity contribution in [2.45, 2.75) is 19.8 Å².